The van der Waals surface area contributed by atoms with Gasteiger partial charge in [0.15, 0.2) is 0 Å². The van der Waals surface area contributed by atoms with Gasteiger partial charge in [-0.15, -0.1) is 0 Å². The van der Waals surface area contributed by atoms with Crippen molar-refractivity contribution >= 4 is 30.0 Å². The predicted octanol–water partition coefficient (Wildman–Crippen LogP) is 2.08. The number of hydrogen-bond acceptors (Lipinski definition) is 5. The van der Waals surface area contributed by atoms with E-state index < -0.39 is 18.1 Å². The molecule has 0 atom stereocenters. The number of rotatable bonds is 3. The number of carbonyl (C=O) groups excluding carboxylic acids is 2. The monoisotopic (exact) mass is 310 g/mol. The van der Waals surface area contributed by atoms with E-state index in [4.69, 9.17) is 5.41 Å². The molecule has 4 amide bonds. The van der Waals surface area contributed by atoms with Crippen molar-refractivity contribution in [1.82, 2.24) is 14.9 Å². The maximum atomic E-state index is 12.0. The summed E-state index contributed by atoms with van der Waals surface area (Å²) in [6.45, 7) is 2.22. The Bertz CT molecular complexity index is 519. The lowest BCUT2D eigenvalue weighted by molar-refractivity contribution is 0.197. The van der Waals surface area contributed by atoms with Gasteiger partial charge in [0.25, 0.3) is 0 Å². The second-order valence-corrected chi connectivity index (χ2v) is 4.71. The highest BCUT2D eigenvalue weighted by Crippen LogP contribution is 2.04. The minimum Gasteiger partial charge on any atom is -0.468 e. The quantitative estimate of drug-likeness (QED) is 0.452. The molecule has 21 heavy (non-hydrogen) atoms. The molecule has 0 saturated heterocycles. The standard InChI is InChI=1S/C13H18N4O3S/c1-9-4-6-10(7-5-9)8-15-12(18)17(11(14)20-2)13(19)16-21-3/h4-7,14H,8H2,1-3H3,(H,15,18)(H,16,19). The first-order valence-electron chi connectivity index (χ1n) is 6.08. The summed E-state index contributed by atoms with van der Waals surface area (Å²) < 4.78 is 7.02. The molecular formula is C13H18N4O3S. The van der Waals surface area contributed by atoms with Gasteiger partial charge in [0.05, 0.1) is 7.11 Å². The summed E-state index contributed by atoms with van der Waals surface area (Å²) in [5.74, 6) is 0. The third-order valence-corrected chi connectivity index (χ3v) is 2.94. The summed E-state index contributed by atoms with van der Waals surface area (Å²) >= 11 is 1.03. The first kappa shape index (κ1) is 16.8. The predicted molar refractivity (Wildman–Crippen MR) is 82.0 cm³/mol. The van der Waals surface area contributed by atoms with E-state index in [0.29, 0.717) is 4.90 Å². The molecule has 7 nitrogen and oxygen atoms in total. The molecule has 8 heteroatoms. The largest absolute Gasteiger partial charge is 0.468 e. The van der Waals surface area contributed by atoms with Crippen LogP contribution >= 0.6 is 11.9 Å². The summed E-state index contributed by atoms with van der Waals surface area (Å²) in [4.78, 5) is 24.4. The number of aryl methyl sites for hydroxylation is 1. The molecular weight excluding hydrogens is 292 g/mol. The van der Waals surface area contributed by atoms with Crippen LogP contribution < -0.4 is 10.0 Å². The third-order valence-electron chi connectivity index (χ3n) is 2.56. The van der Waals surface area contributed by atoms with Crippen LogP contribution in [0.2, 0.25) is 0 Å². The van der Waals surface area contributed by atoms with Crippen molar-refractivity contribution in [2.75, 3.05) is 13.4 Å². The van der Waals surface area contributed by atoms with Crippen LogP contribution in [-0.2, 0) is 11.3 Å². The lowest BCUT2D eigenvalue weighted by Crippen LogP contribution is -2.50. The molecule has 1 aromatic carbocycles. The minimum absolute atomic E-state index is 0.249. The van der Waals surface area contributed by atoms with Gasteiger partial charge in [0, 0.05) is 12.8 Å². The van der Waals surface area contributed by atoms with Crippen LogP contribution in [0.3, 0.4) is 0 Å². The molecule has 0 heterocycles. The number of methoxy groups -OCH3 is 1. The van der Waals surface area contributed by atoms with Crippen molar-refractivity contribution < 1.29 is 14.3 Å². The normalized spacial score (nSPS) is 9.67. The van der Waals surface area contributed by atoms with Crippen molar-refractivity contribution in [3.8, 4) is 0 Å². The summed E-state index contributed by atoms with van der Waals surface area (Å²) in [7, 11) is 1.22. The first-order valence-corrected chi connectivity index (χ1v) is 7.31. The second-order valence-electron chi connectivity index (χ2n) is 4.10. The summed E-state index contributed by atoms with van der Waals surface area (Å²) in [6.07, 6.45) is 1.64. The van der Waals surface area contributed by atoms with Crippen molar-refractivity contribution in [2.24, 2.45) is 0 Å². The zero-order chi connectivity index (χ0) is 15.8. The second kappa shape index (κ2) is 8.15. The maximum Gasteiger partial charge on any atom is 0.343 e. The van der Waals surface area contributed by atoms with Crippen LogP contribution in [0.4, 0.5) is 9.59 Å². The maximum absolute atomic E-state index is 12.0. The van der Waals surface area contributed by atoms with Crippen LogP contribution in [0.5, 0.6) is 0 Å². The Hall–Kier alpha value is -2.22. The lowest BCUT2D eigenvalue weighted by Gasteiger charge is -2.20. The van der Waals surface area contributed by atoms with Gasteiger partial charge in [-0.25, -0.2) is 9.59 Å². The van der Waals surface area contributed by atoms with Gasteiger partial charge >= 0.3 is 18.1 Å². The van der Waals surface area contributed by atoms with Crippen molar-refractivity contribution in [3.05, 3.63) is 35.4 Å². The number of benzene rings is 1. The van der Waals surface area contributed by atoms with E-state index in [2.05, 4.69) is 14.8 Å². The van der Waals surface area contributed by atoms with Gasteiger partial charge in [-0.05, 0) is 12.5 Å². The van der Waals surface area contributed by atoms with E-state index in [-0.39, 0.29) is 6.54 Å². The number of nitrogens with zero attached hydrogens (tertiary/aromatic N) is 1. The molecule has 0 unspecified atom stereocenters. The summed E-state index contributed by atoms with van der Waals surface area (Å²) in [6, 6.07) is 5.59. The van der Waals surface area contributed by atoms with Crippen LogP contribution in [0.15, 0.2) is 24.3 Å². The fourth-order valence-corrected chi connectivity index (χ4v) is 1.73. The zero-order valence-electron chi connectivity index (χ0n) is 12.1. The molecule has 0 radical (unpaired) electrons. The fourth-order valence-electron chi connectivity index (χ4n) is 1.46. The number of nitrogens with one attached hydrogen (secondary N) is 3. The van der Waals surface area contributed by atoms with E-state index >= 15 is 0 Å². The van der Waals surface area contributed by atoms with Crippen LogP contribution in [0.25, 0.3) is 0 Å². The summed E-state index contributed by atoms with van der Waals surface area (Å²) in [5, 5.41) is 10.1. The number of hydrogen-bond donors (Lipinski definition) is 3. The van der Waals surface area contributed by atoms with Gasteiger partial charge in [-0.2, -0.15) is 4.90 Å². The smallest absolute Gasteiger partial charge is 0.343 e. The van der Waals surface area contributed by atoms with E-state index in [9.17, 15) is 9.59 Å². The van der Waals surface area contributed by atoms with Crippen molar-refractivity contribution in [2.45, 2.75) is 13.5 Å². The third kappa shape index (κ3) is 4.99. The molecule has 0 aliphatic rings. The Morgan fingerprint density at radius 1 is 1.29 bits per heavy atom. The Kier molecular flexibility index (Phi) is 6.54. The highest BCUT2D eigenvalue weighted by atomic mass is 32.2. The first-order chi connectivity index (χ1) is 9.99. The molecule has 0 fully saturated rings. The Balaban J connectivity index is 2.70. The Morgan fingerprint density at radius 3 is 2.43 bits per heavy atom. The Morgan fingerprint density at radius 2 is 1.90 bits per heavy atom. The highest BCUT2D eigenvalue weighted by Gasteiger charge is 2.26. The lowest BCUT2D eigenvalue weighted by atomic mass is 10.1. The average Bonchev–Trinajstić information content (AvgIpc) is 2.47. The molecule has 1 rings (SSSR count). The van der Waals surface area contributed by atoms with Crippen molar-refractivity contribution in [1.29, 1.82) is 5.41 Å². The van der Waals surface area contributed by atoms with E-state index in [1.165, 1.54) is 7.11 Å². The molecule has 0 spiro atoms. The molecule has 0 aliphatic heterocycles. The fraction of sp³-hybridized carbons (Fsp3) is 0.308. The molecule has 3 N–H and O–H groups in total. The van der Waals surface area contributed by atoms with Gasteiger partial charge in [-0.3, -0.25) is 10.1 Å². The number of carbonyl (C=O) groups is 2. The highest BCUT2D eigenvalue weighted by molar-refractivity contribution is 7.97. The molecule has 114 valence electrons. The number of imide groups is 1. The molecule has 0 aliphatic carbocycles. The van der Waals surface area contributed by atoms with E-state index in [1.807, 2.05) is 31.2 Å². The molecule has 1 aromatic rings. The zero-order valence-corrected chi connectivity index (χ0v) is 12.9. The van der Waals surface area contributed by atoms with Gasteiger partial charge < -0.3 is 10.1 Å². The van der Waals surface area contributed by atoms with E-state index in [0.717, 1.165) is 23.1 Å². The summed E-state index contributed by atoms with van der Waals surface area (Å²) in [5.41, 5.74) is 2.01. The van der Waals surface area contributed by atoms with Crippen LogP contribution in [0.1, 0.15) is 11.1 Å². The SMILES string of the molecule is COC(=N)N(C(=O)NCc1ccc(C)cc1)C(=O)NSC. The molecule has 0 aromatic heterocycles. The number of urea groups is 2. The van der Waals surface area contributed by atoms with Crippen LogP contribution in [0, 0.1) is 12.3 Å². The van der Waals surface area contributed by atoms with Crippen molar-refractivity contribution in [3.63, 3.8) is 0 Å². The van der Waals surface area contributed by atoms with Gasteiger partial charge in [-0.1, -0.05) is 41.8 Å². The average molecular weight is 310 g/mol. The number of ether oxygens (including phenoxy) is 1. The Labute approximate surface area is 127 Å². The topological polar surface area (TPSA) is 94.5 Å². The van der Waals surface area contributed by atoms with Gasteiger partial charge in [0.2, 0.25) is 0 Å². The van der Waals surface area contributed by atoms with Crippen LogP contribution in [-0.4, -0.2) is 36.3 Å². The minimum atomic E-state index is -0.740. The molecule has 0 saturated carbocycles. The number of amidine groups is 1. The molecule has 0 bridgehead atoms. The number of amides is 4. The van der Waals surface area contributed by atoms with E-state index in [1.54, 1.807) is 6.26 Å². The van der Waals surface area contributed by atoms with Gasteiger partial charge in [0.1, 0.15) is 0 Å².